The molecule has 1 aromatic carbocycles. The van der Waals surface area contributed by atoms with Gasteiger partial charge in [-0.05, 0) is 56.2 Å². The van der Waals surface area contributed by atoms with Crippen molar-refractivity contribution in [2.24, 2.45) is 0 Å². The molecule has 8 nitrogen and oxygen atoms in total. The lowest BCUT2D eigenvalue weighted by Crippen LogP contribution is -2.02. The first kappa shape index (κ1) is 20.7. The summed E-state index contributed by atoms with van der Waals surface area (Å²) >= 11 is 0. The summed E-state index contributed by atoms with van der Waals surface area (Å²) in [7, 11) is 1.36. The van der Waals surface area contributed by atoms with Gasteiger partial charge >= 0.3 is 5.97 Å². The van der Waals surface area contributed by atoms with Crippen LogP contribution >= 0.6 is 12.4 Å². The lowest BCUT2D eigenvalue weighted by atomic mass is 10.1. The maximum atomic E-state index is 11.7. The second-order valence-electron chi connectivity index (χ2n) is 7.30. The number of aryl methyl sites for hydroxylation is 1. The molecule has 1 fully saturated rings. The molecule has 1 N–H and O–H groups in total. The van der Waals surface area contributed by atoms with Crippen LogP contribution in [0.25, 0.3) is 22.5 Å². The summed E-state index contributed by atoms with van der Waals surface area (Å²) < 4.78 is 10.3. The number of halogens is 1. The van der Waals surface area contributed by atoms with Crippen molar-refractivity contribution in [3.05, 3.63) is 59.7 Å². The summed E-state index contributed by atoms with van der Waals surface area (Å²) in [6.07, 6.45) is 3.88. The number of anilines is 2. The first-order valence-corrected chi connectivity index (χ1v) is 9.68. The minimum Gasteiger partial charge on any atom is -0.465 e. The highest BCUT2D eigenvalue weighted by Gasteiger charge is 2.29. The zero-order valence-electron chi connectivity index (χ0n) is 17.0. The van der Waals surface area contributed by atoms with Crippen molar-refractivity contribution in [2.75, 3.05) is 12.4 Å². The number of benzene rings is 1. The number of aromatic nitrogens is 4. The van der Waals surface area contributed by atoms with E-state index in [-0.39, 0.29) is 18.4 Å². The molecule has 4 aromatic rings. The summed E-state index contributed by atoms with van der Waals surface area (Å²) in [4.78, 5) is 25.3. The van der Waals surface area contributed by atoms with Crippen LogP contribution in [0.5, 0.6) is 0 Å². The Balaban J connectivity index is 0.00000231. The second-order valence-corrected chi connectivity index (χ2v) is 7.30. The lowest BCUT2D eigenvalue weighted by Gasteiger charge is -2.13. The third kappa shape index (κ3) is 4.06. The van der Waals surface area contributed by atoms with Crippen LogP contribution in [0.3, 0.4) is 0 Å². The molecule has 0 saturated heterocycles. The standard InChI is InChI=1S/C22H19N5O3.ClH/c1-12-3-10-16-18(25-15-8-6-14(7-9-15)22(28)29-2)17(11-23-20(16)24-12)21-26-19(27-30-21)13-4-5-13;/h3,6-11,13H,4-5H2,1-2H3,(H,23,24,25);1H. The molecule has 0 atom stereocenters. The van der Waals surface area contributed by atoms with Crippen molar-refractivity contribution in [2.45, 2.75) is 25.7 Å². The van der Waals surface area contributed by atoms with E-state index >= 15 is 0 Å². The molecule has 0 spiro atoms. The number of rotatable bonds is 5. The van der Waals surface area contributed by atoms with Crippen molar-refractivity contribution in [3.8, 4) is 11.5 Å². The van der Waals surface area contributed by atoms with E-state index in [2.05, 4.69) is 25.4 Å². The van der Waals surface area contributed by atoms with E-state index in [0.717, 1.165) is 41.1 Å². The SMILES string of the molecule is COC(=O)c1ccc(Nc2c(-c3nc(C4CC4)no3)cnc3nc(C)ccc23)cc1.Cl. The van der Waals surface area contributed by atoms with E-state index in [0.29, 0.717) is 28.6 Å². The van der Waals surface area contributed by atoms with Gasteiger partial charge in [0.15, 0.2) is 11.5 Å². The molecular weight excluding hydrogens is 418 g/mol. The van der Waals surface area contributed by atoms with Crippen LogP contribution in [0.15, 0.2) is 47.1 Å². The van der Waals surface area contributed by atoms with Crippen LogP contribution in [0.2, 0.25) is 0 Å². The highest BCUT2D eigenvalue weighted by molar-refractivity contribution is 5.98. The zero-order valence-corrected chi connectivity index (χ0v) is 17.8. The number of fused-ring (bicyclic) bond motifs is 1. The first-order chi connectivity index (χ1) is 14.6. The molecule has 0 amide bonds. The predicted molar refractivity (Wildman–Crippen MR) is 118 cm³/mol. The van der Waals surface area contributed by atoms with Gasteiger partial charge in [0.1, 0.15) is 0 Å². The Labute approximate surface area is 184 Å². The van der Waals surface area contributed by atoms with Gasteiger partial charge in [-0.3, -0.25) is 0 Å². The number of carbonyl (C=O) groups excluding carboxylic acids is 1. The van der Waals surface area contributed by atoms with Gasteiger partial charge < -0.3 is 14.6 Å². The summed E-state index contributed by atoms with van der Waals surface area (Å²) in [5.41, 5.74) is 4.23. The van der Waals surface area contributed by atoms with Crippen molar-refractivity contribution in [3.63, 3.8) is 0 Å². The van der Waals surface area contributed by atoms with E-state index in [1.54, 1.807) is 18.3 Å². The molecule has 9 heteroatoms. The molecule has 1 saturated carbocycles. The summed E-state index contributed by atoms with van der Waals surface area (Å²) in [6, 6.07) is 10.9. The Morgan fingerprint density at radius 2 is 1.90 bits per heavy atom. The van der Waals surface area contributed by atoms with Crippen LogP contribution in [-0.2, 0) is 4.74 Å². The molecule has 1 aliphatic rings. The normalized spacial score (nSPS) is 13.0. The number of nitrogens with zero attached hydrogens (tertiary/aromatic N) is 4. The highest BCUT2D eigenvalue weighted by Crippen LogP contribution is 2.40. The van der Waals surface area contributed by atoms with E-state index in [1.807, 2.05) is 31.2 Å². The van der Waals surface area contributed by atoms with Gasteiger partial charge in [-0.25, -0.2) is 14.8 Å². The van der Waals surface area contributed by atoms with Gasteiger partial charge in [-0.2, -0.15) is 4.98 Å². The number of hydrogen-bond donors (Lipinski definition) is 1. The first-order valence-electron chi connectivity index (χ1n) is 9.68. The number of methoxy groups -OCH3 is 1. The van der Waals surface area contributed by atoms with Crippen LogP contribution in [-0.4, -0.2) is 33.2 Å². The molecular formula is C22H20ClN5O3. The molecule has 5 rings (SSSR count). The largest absolute Gasteiger partial charge is 0.465 e. The quantitative estimate of drug-likeness (QED) is 0.443. The monoisotopic (exact) mass is 437 g/mol. The number of hydrogen-bond acceptors (Lipinski definition) is 8. The topological polar surface area (TPSA) is 103 Å². The number of carbonyl (C=O) groups is 1. The van der Waals surface area contributed by atoms with E-state index in [4.69, 9.17) is 9.26 Å². The molecule has 1 aliphatic carbocycles. The molecule has 0 unspecified atom stereocenters. The van der Waals surface area contributed by atoms with Gasteiger partial charge in [0.25, 0.3) is 5.89 Å². The van der Waals surface area contributed by atoms with Crippen molar-refractivity contribution in [1.82, 2.24) is 20.1 Å². The maximum absolute atomic E-state index is 11.7. The Hall–Kier alpha value is -3.52. The predicted octanol–water partition coefficient (Wildman–Crippen LogP) is 4.82. The average molecular weight is 438 g/mol. The van der Waals surface area contributed by atoms with Gasteiger partial charge in [0.05, 0.1) is 23.9 Å². The Kier molecular flexibility index (Phi) is 5.56. The molecule has 158 valence electrons. The second kappa shape index (κ2) is 8.31. The average Bonchev–Trinajstić information content (AvgIpc) is 3.51. The zero-order chi connectivity index (χ0) is 20.7. The number of ether oxygens (including phenoxy) is 1. The van der Waals surface area contributed by atoms with Crippen LogP contribution in [0, 0.1) is 6.92 Å². The van der Waals surface area contributed by atoms with Gasteiger partial charge in [0, 0.05) is 28.9 Å². The molecule has 3 heterocycles. The van der Waals surface area contributed by atoms with E-state index in [1.165, 1.54) is 7.11 Å². The van der Waals surface area contributed by atoms with E-state index in [9.17, 15) is 4.79 Å². The Bertz CT molecular complexity index is 1250. The fourth-order valence-electron chi connectivity index (χ4n) is 3.27. The minimum atomic E-state index is -0.380. The summed E-state index contributed by atoms with van der Waals surface area (Å²) in [5, 5.41) is 8.38. The Morgan fingerprint density at radius 1 is 1.13 bits per heavy atom. The lowest BCUT2D eigenvalue weighted by molar-refractivity contribution is 0.0601. The minimum absolute atomic E-state index is 0. The summed E-state index contributed by atoms with van der Waals surface area (Å²) in [6.45, 7) is 1.92. The van der Waals surface area contributed by atoms with Crippen LogP contribution in [0.1, 0.15) is 40.6 Å². The van der Waals surface area contributed by atoms with Crippen molar-refractivity contribution < 1.29 is 14.1 Å². The molecule has 0 bridgehead atoms. The van der Waals surface area contributed by atoms with Crippen LogP contribution in [0.4, 0.5) is 11.4 Å². The molecule has 0 radical (unpaired) electrons. The number of nitrogens with one attached hydrogen (secondary N) is 1. The Morgan fingerprint density at radius 3 is 2.61 bits per heavy atom. The van der Waals surface area contributed by atoms with Gasteiger partial charge in [-0.15, -0.1) is 12.4 Å². The number of pyridine rings is 2. The van der Waals surface area contributed by atoms with Crippen LogP contribution < -0.4 is 5.32 Å². The highest BCUT2D eigenvalue weighted by atomic mass is 35.5. The van der Waals surface area contributed by atoms with Gasteiger partial charge in [-0.1, -0.05) is 5.16 Å². The van der Waals surface area contributed by atoms with Crippen molar-refractivity contribution >= 4 is 40.8 Å². The third-order valence-electron chi connectivity index (χ3n) is 5.06. The summed E-state index contributed by atoms with van der Waals surface area (Å²) in [5.74, 6) is 1.17. The smallest absolute Gasteiger partial charge is 0.337 e. The maximum Gasteiger partial charge on any atom is 0.337 e. The molecule has 0 aliphatic heterocycles. The fraction of sp³-hybridized carbons (Fsp3) is 0.227. The molecule has 31 heavy (non-hydrogen) atoms. The third-order valence-corrected chi connectivity index (χ3v) is 5.06. The molecule has 3 aromatic heterocycles. The number of esters is 1. The van der Waals surface area contributed by atoms with E-state index < -0.39 is 0 Å². The van der Waals surface area contributed by atoms with Gasteiger partial charge in [0.2, 0.25) is 0 Å². The van der Waals surface area contributed by atoms with Crippen molar-refractivity contribution in [1.29, 1.82) is 0 Å². The fourth-order valence-corrected chi connectivity index (χ4v) is 3.27.